The largest absolute Gasteiger partial charge is 0.388 e. The van der Waals surface area contributed by atoms with Crippen molar-refractivity contribution in [1.82, 2.24) is 0 Å². The van der Waals surface area contributed by atoms with Crippen LogP contribution in [0.15, 0.2) is 42.5 Å². The summed E-state index contributed by atoms with van der Waals surface area (Å²) < 4.78 is 0. The minimum atomic E-state index is -0.711. The molecule has 2 atom stereocenters. The van der Waals surface area contributed by atoms with E-state index in [1.165, 1.54) is 0 Å². The average Bonchev–Trinajstić information content (AvgIpc) is 2.42. The summed E-state index contributed by atoms with van der Waals surface area (Å²) in [6.07, 6.45) is -0.711. The van der Waals surface area contributed by atoms with E-state index in [1.807, 2.05) is 43.3 Å². The van der Waals surface area contributed by atoms with Crippen molar-refractivity contribution in [3.8, 4) is 0 Å². The van der Waals surface area contributed by atoms with Gasteiger partial charge in [0.15, 0.2) is 0 Å². The van der Waals surface area contributed by atoms with Gasteiger partial charge in [0, 0.05) is 22.5 Å². The number of halogens is 2. The number of aliphatic hydroxyl groups is 1. The third kappa shape index (κ3) is 3.15. The summed E-state index contributed by atoms with van der Waals surface area (Å²) in [5.74, 6) is -0.217. The molecule has 0 aliphatic heterocycles. The van der Waals surface area contributed by atoms with Crippen LogP contribution in [0.3, 0.4) is 0 Å². The molecule has 2 aromatic rings. The highest BCUT2D eigenvalue weighted by atomic mass is 35.5. The molecule has 106 valence electrons. The fourth-order valence-electron chi connectivity index (χ4n) is 2.35. The molecule has 20 heavy (non-hydrogen) atoms. The quantitative estimate of drug-likeness (QED) is 0.894. The van der Waals surface area contributed by atoms with E-state index >= 15 is 0 Å². The minimum Gasteiger partial charge on any atom is -0.388 e. The molecule has 0 aliphatic carbocycles. The van der Waals surface area contributed by atoms with Gasteiger partial charge >= 0.3 is 0 Å². The van der Waals surface area contributed by atoms with Gasteiger partial charge in [0.1, 0.15) is 0 Å². The van der Waals surface area contributed by atoms with Crippen molar-refractivity contribution in [2.45, 2.75) is 18.9 Å². The average molecular weight is 310 g/mol. The van der Waals surface area contributed by atoms with Crippen molar-refractivity contribution in [2.75, 3.05) is 6.54 Å². The second-order valence-corrected chi connectivity index (χ2v) is 5.64. The molecule has 0 amide bonds. The molecule has 0 heterocycles. The summed E-state index contributed by atoms with van der Waals surface area (Å²) >= 11 is 12.1. The summed E-state index contributed by atoms with van der Waals surface area (Å²) in [6.45, 7) is 2.22. The van der Waals surface area contributed by atoms with Crippen molar-refractivity contribution in [3.05, 3.63) is 69.2 Å². The summed E-state index contributed by atoms with van der Waals surface area (Å²) in [5, 5.41) is 11.9. The van der Waals surface area contributed by atoms with Crippen molar-refractivity contribution in [1.29, 1.82) is 0 Å². The maximum atomic E-state index is 10.6. The number of rotatable bonds is 4. The van der Waals surface area contributed by atoms with Crippen LogP contribution in [0.25, 0.3) is 0 Å². The molecule has 0 bridgehead atoms. The molecule has 0 saturated heterocycles. The highest BCUT2D eigenvalue weighted by molar-refractivity contribution is 6.31. The van der Waals surface area contributed by atoms with Gasteiger partial charge in [-0.1, -0.05) is 47.5 Å². The van der Waals surface area contributed by atoms with Crippen LogP contribution in [0, 0.1) is 6.92 Å². The Morgan fingerprint density at radius 3 is 2.50 bits per heavy atom. The van der Waals surface area contributed by atoms with E-state index in [1.54, 1.807) is 6.07 Å². The van der Waals surface area contributed by atoms with Crippen molar-refractivity contribution < 1.29 is 5.11 Å². The molecule has 0 radical (unpaired) electrons. The fraction of sp³-hybridized carbons (Fsp3) is 0.250. The van der Waals surface area contributed by atoms with E-state index in [0.717, 1.165) is 16.7 Å². The van der Waals surface area contributed by atoms with Crippen molar-refractivity contribution in [3.63, 3.8) is 0 Å². The first-order valence-corrected chi connectivity index (χ1v) is 7.18. The second-order valence-electron chi connectivity index (χ2n) is 4.80. The molecule has 0 saturated carbocycles. The Morgan fingerprint density at radius 1 is 1.15 bits per heavy atom. The van der Waals surface area contributed by atoms with Gasteiger partial charge in [-0.2, -0.15) is 0 Å². The van der Waals surface area contributed by atoms with Crippen molar-refractivity contribution in [2.24, 2.45) is 5.73 Å². The molecule has 0 aliphatic rings. The Hall–Kier alpha value is -1.06. The van der Waals surface area contributed by atoms with Gasteiger partial charge in [0.25, 0.3) is 0 Å². The molecule has 3 N–H and O–H groups in total. The topological polar surface area (TPSA) is 46.2 Å². The lowest BCUT2D eigenvalue weighted by molar-refractivity contribution is 0.147. The molecule has 2 aromatic carbocycles. The van der Waals surface area contributed by atoms with E-state index < -0.39 is 6.10 Å². The Labute approximate surface area is 129 Å². The third-order valence-corrected chi connectivity index (χ3v) is 4.18. The number of hydrogen-bond donors (Lipinski definition) is 2. The van der Waals surface area contributed by atoms with Crippen molar-refractivity contribution >= 4 is 23.2 Å². The summed E-state index contributed by atoms with van der Waals surface area (Å²) in [6, 6.07) is 12.9. The monoisotopic (exact) mass is 309 g/mol. The zero-order valence-corrected chi connectivity index (χ0v) is 12.7. The molecule has 0 fully saturated rings. The van der Waals surface area contributed by atoms with Gasteiger partial charge < -0.3 is 10.8 Å². The third-order valence-electron chi connectivity index (χ3n) is 3.54. The molecule has 0 aromatic heterocycles. The Kier molecular flexibility index (Phi) is 5.06. The van der Waals surface area contributed by atoms with Gasteiger partial charge in [-0.05, 0) is 41.8 Å². The minimum absolute atomic E-state index is 0.217. The number of hydrogen-bond acceptors (Lipinski definition) is 2. The van der Waals surface area contributed by atoms with Crippen LogP contribution < -0.4 is 5.73 Å². The van der Waals surface area contributed by atoms with Crippen LogP contribution in [0.1, 0.15) is 28.7 Å². The highest BCUT2D eigenvalue weighted by Crippen LogP contribution is 2.34. The van der Waals surface area contributed by atoms with Crippen LogP contribution in [0.4, 0.5) is 0 Å². The maximum absolute atomic E-state index is 10.6. The lowest BCUT2D eigenvalue weighted by Crippen LogP contribution is -2.20. The van der Waals surface area contributed by atoms with Gasteiger partial charge in [-0.15, -0.1) is 0 Å². The zero-order chi connectivity index (χ0) is 14.7. The van der Waals surface area contributed by atoms with E-state index in [2.05, 4.69) is 0 Å². The van der Waals surface area contributed by atoms with Crippen LogP contribution in [0.2, 0.25) is 10.0 Å². The molecule has 2 unspecified atom stereocenters. The Bertz CT molecular complexity index is 601. The number of benzene rings is 2. The Morgan fingerprint density at radius 2 is 1.85 bits per heavy atom. The molecule has 0 spiro atoms. The molecule has 4 heteroatoms. The maximum Gasteiger partial charge on any atom is 0.0873 e. The zero-order valence-electron chi connectivity index (χ0n) is 11.2. The SMILES string of the molecule is Cc1c(Cl)cccc1C(O)C(CN)c1cccc(Cl)c1. The van der Waals surface area contributed by atoms with Gasteiger partial charge in [-0.3, -0.25) is 0 Å². The smallest absolute Gasteiger partial charge is 0.0873 e. The first-order valence-electron chi connectivity index (χ1n) is 6.43. The van der Waals surface area contributed by atoms with Gasteiger partial charge in [-0.25, -0.2) is 0 Å². The van der Waals surface area contributed by atoms with Crippen LogP contribution in [-0.4, -0.2) is 11.7 Å². The predicted molar refractivity (Wildman–Crippen MR) is 84.4 cm³/mol. The van der Waals surface area contributed by atoms with E-state index in [0.29, 0.717) is 16.6 Å². The lowest BCUT2D eigenvalue weighted by atomic mass is 9.87. The molecule has 2 rings (SSSR count). The predicted octanol–water partition coefficient (Wildman–Crippen LogP) is 4.08. The van der Waals surface area contributed by atoms with Crippen LogP contribution in [0.5, 0.6) is 0 Å². The van der Waals surface area contributed by atoms with Gasteiger partial charge in [0.05, 0.1) is 6.10 Å². The molecule has 2 nitrogen and oxygen atoms in total. The summed E-state index contributed by atoms with van der Waals surface area (Å²) in [4.78, 5) is 0. The number of aliphatic hydroxyl groups excluding tert-OH is 1. The standard InChI is InChI=1S/C16H17Cl2NO/c1-10-13(6-3-7-15(10)18)16(20)14(9-19)11-4-2-5-12(17)8-11/h2-8,14,16,20H,9,19H2,1H3. The van der Waals surface area contributed by atoms with E-state index in [4.69, 9.17) is 28.9 Å². The fourth-order valence-corrected chi connectivity index (χ4v) is 2.73. The molecular weight excluding hydrogens is 293 g/mol. The summed E-state index contributed by atoms with van der Waals surface area (Å²) in [5.41, 5.74) is 8.44. The lowest BCUT2D eigenvalue weighted by Gasteiger charge is -2.24. The first-order chi connectivity index (χ1) is 9.54. The van der Waals surface area contributed by atoms with E-state index in [-0.39, 0.29) is 5.92 Å². The normalized spacial score (nSPS) is 14.1. The molecular formula is C16H17Cl2NO. The second kappa shape index (κ2) is 6.59. The number of nitrogens with two attached hydrogens (primary N) is 1. The van der Waals surface area contributed by atoms with Gasteiger partial charge in [0.2, 0.25) is 0 Å². The van der Waals surface area contributed by atoms with Crippen LogP contribution >= 0.6 is 23.2 Å². The first kappa shape index (κ1) is 15.3. The van der Waals surface area contributed by atoms with E-state index in [9.17, 15) is 5.11 Å². The highest BCUT2D eigenvalue weighted by Gasteiger charge is 2.23. The van der Waals surface area contributed by atoms with Crippen LogP contribution in [-0.2, 0) is 0 Å². The Balaban J connectivity index is 2.39. The summed E-state index contributed by atoms with van der Waals surface area (Å²) in [7, 11) is 0.